The Bertz CT molecular complexity index is 1150. The zero-order valence-corrected chi connectivity index (χ0v) is 20.5. The van der Waals surface area contributed by atoms with Crippen molar-refractivity contribution in [2.24, 2.45) is 0 Å². The normalized spacial score (nSPS) is 18.9. The number of carbonyl (C=O) groups excluding carboxylic acids is 2. The minimum absolute atomic E-state index is 0.0154. The summed E-state index contributed by atoms with van der Waals surface area (Å²) in [5, 5.41) is 12.6. The maximum Gasteiger partial charge on any atom is 0.407 e. The summed E-state index contributed by atoms with van der Waals surface area (Å²) >= 11 is 0. The van der Waals surface area contributed by atoms with Gasteiger partial charge in [-0.05, 0) is 44.0 Å². The van der Waals surface area contributed by atoms with Gasteiger partial charge in [0.2, 0.25) is 5.91 Å². The number of anilines is 1. The zero-order chi connectivity index (χ0) is 25.8. The predicted molar refractivity (Wildman–Crippen MR) is 130 cm³/mol. The Balaban J connectivity index is 1.46. The molecule has 0 saturated carbocycles. The fraction of sp³-hybridized carbons (Fsp3) is 0.423. The van der Waals surface area contributed by atoms with Crippen LogP contribution in [-0.4, -0.2) is 66.5 Å². The molecule has 0 unspecified atom stereocenters. The molecule has 0 bridgehead atoms. The second-order valence-electron chi connectivity index (χ2n) is 9.03. The highest BCUT2D eigenvalue weighted by atomic mass is 16.5. The number of nitrogens with zero attached hydrogens (tertiary/aromatic N) is 1. The highest BCUT2D eigenvalue weighted by molar-refractivity contribution is 5.95. The number of likely N-dealkylation sites (tertiary alicyclic amines) is 1. The molecule has 2 aliphatic heterocycles. The smallest absolute Gasteiger partial charge is 0.407 e. The maximum absolute atomic E-state index is 12.5. The van der Waals surface area contributed by atoms with E-state index in [1.807, 2.05) is 26.0 Å². The van der Waals surface area contributed by atoms with Crippen LogP contribution < -0.4 is 19.5 Å². The molecule has 2 heterocycles. The van der Waals surface area contributed by atoms with E-state index < -0.39 is 24.2 Å². The second kappa shape index (κ2) is 10.8. The van der Waals surface area contributed by atoms with Gasteiger partial charge < -0.3 is 29.4 Å². The van der Waals surface area contributed by atoms with Crippen molar-refractivity contribution in [1.82, 2.24) is 4.90 Å². The SMILES string of the molecule is COC(=O)c1c(OC[C@H]2C[C@H](Oc3ccc4c(c3)NC(=O)CC4)CN2C(=O)O)cccc1OC(C)C. The molecular formula is C26H30N2O8. The summed E-state index contributed by atoms with van der Waals surface area (Å²) in [5.74, 6) is 0.489. The number of hydrogen-bond donors (Lipinski definition) is 2. The predicted octanol–water partition coefficient (Wildman–Crippen LogP) is 3.72. The van der Waals surface area contributed by atoms with E-state index in [-0.39, 0.29) is 36.5 Å². The van der Waals surface area contributed by atoms with Gasteiger partial charge in [-0.2, -0.15) is 0 Å². The summed E-state index contributed by atoms with van der Waals surface area (Å²) in [6.07, 6.45) is -0.134. The number of carbonyl (C=O) groups is 3. The van der Waals surface area contributed by atoms with Gasteiger partial charge >= 0.3 is 12.1 Å². The molecule has 2 N–H and O–H groups in total. The lowest BCUT2D eigenvalue weighted by molar-refractivity contribution is -0.116. The van der Waals surface area contributed by atoms with Gasteiger partial charge in [-0.1, -0.05) is 12.1 Å². The number of esters is 1. The molecule has 2 atom stereocenters. The van der Waals surface area contributed by atoms with Crippen molar-refractivity contribution in [3.63, 3.8) is 0 Å². The molecule has 0 aliphatic carbocycles. The maximum atomic E-state index is 12.5. The number of ether oxygens (including phenoxy) is 4. The van der Waals surface area contributed by atoms with Crippen LogP contribution in [0.5, 0.6) is 17.2 Å². The van der Waals surface area contributed by atoms with Crippen molar-refractivity contribution < 1.29 is 38.4 Å². The lowest BCUT2D eigenvalue weighted by atomic mass is 10.0. The highest BCUT2D eigenvalue weighted by Crippen LogP contribution is 2.32. The Labute approximate surface area is 209 Å². The minimum Gasteiger partial charge on any atom is -0.490 e. The lowest BCUT2D eigenvalue weighted by Gasteiger charge is -2.22. The van der Waals surface area contributed by atoms with Crippen LogP contribution in [0.25, 0.3) is 0 Å². The molecule has 2 amide bonds. The molecular weight excluding hydrogens is 468 g/mol. The van der Waals surface area contributed by atoms with Gasteiger partial charge in [-0.3, -0.25) is 9.69 Å². The first-order valence-corrected chi connectivity index (χ1v) is 11.8. The molecule has 192 valence electrons. The van der Waals surface area contributed by atoms with Crippen LogP contribution in [0.2, 0.25) is 0 Å². The van der Waals surface area contributed by atoms with Crippen molar-refractivity contribution >= 4 is 23.7 Å². The summed E-state index contributed by atoms with van der Waals surface area (Å²) in [4.78, 5) is 37.4. The van der Waals surface area contributed by atoms with Crippen molar-refractivity contribution in [2.45, 2.75) is 51.4 Å². The molecule has 1 fully saturated rings. The topological polar surface area (TPSA) is 124 Å². The van der Waals surface area contributed by atoms with Gasteiger partial charge in [0.1, 0.15) is 35.5 Å². The van der Waals surface area contributed by atoms with Gasteiger partial charge in [0.05, 0.1) is 25.8 Å². The number of amides is 2. The third-order valence-corrected chi connectivity index (χ3v) is 6.07. The van der Waals surface area contributed by atoms with E-state index in [9.17, 15) is 19.5 Å². The molecule has 0 radical (unpaired) electrons. The number of aryl methyl sites for hydroxylation is 1. The minimum atomic E-state index is -1.09. The van der Waals surface area contributed by atoms with Crippen LogP contribution in [0, 0.1) is 0 Å². The Morgan fingerprint density at radius 3 is 2.67 bits per heavy atom. The number of fused-ring (bicyclic) bond motifs is 1. The first-order valence-electron chi connectivity index (χ1n) is 11.8. The van der Waals surface area contributed by atoms with E-state index in [2.05, 4.69) is 5.32 Å². The first kappa shape index (κ1) is 25.2. The highest BCUT2D eigenvalue weighted by Gasteiger charge is 2.37. The molecule has 10 nitrogen and oxygen atoms in total. The molecule has 0 spiro atoms. The molecule has 2 aromatic rings. The van der Waals surface area contributed by atoms with Gasteiger partial charge in [0.25, 0.3) is 0 Å². The standard InChI is InChI=1S/C26H30N2O8/c1-15(2)35-22-6-4-5-21(24(22)25(30)33-3)34-14-17-11-19(13-28(17)26(31)32)36-18-9-7-16-8-10-23(29)27-20(16)12-18/h4-7,9,12,15,17,19H,8,10-11,13-14H2,1-3H3,(H,27,29)(H,31,32)/t17-,19+/m1/s1. The quantitative estimate of drug-likeness (QED) is 0.528. The van der Waals surface area contributed by atoms with Crippen molar-refractivity contribution in [1.29, 1.82) is 0 Å². The number of nitrogens with one attached hydrogen (secondary N) is 1. The summed E-state index contributed by atoms with van der Waals surface area (Å²) in [5.41, 5.74) is 1.91. The Morgan fingerprint density at radius 2 is 1.94 bits per heavy atom. The van der Waals surface area contributed by atoms with Gasteiger partial charge in [-0.25, -0.2) is 9.59 Å². The van der Waals surface area contributed by atoms with Gasteiger partial charge in [-0.15, -0.1) is 0 Å². The van der Waals surface area contributed by atoms with Crippen molar-refractivity contribution in [2.75, 3.05) is 25.6 Å². The third-order valence-electron chi connectivity index (χ3n) is 6.07. The fourth-order valence-electron chi connectivity index (χ4n) is 4.44. The van der Waals surface area contributed by atoms with Crippen LogP contribution in [0.3, 0.4) is 0 Å². The largest absolute Gasteiger partial charge is 0.490 e. The number of benzene rings is 2. The van der Waals surface area contributed by atoms with E-state index in [0.717, 1.165) is 11.3 Å². The van der Waals surface area contributed by atoms with E-state index in [1.165, 1.54) is 12.0 Å². The van der Waals surface area contributed by atoms with E-state index >= 15 is 0 Å². The molecule has 2 aliphatic rings. The van der Waals surface area contributed by atoms with Crippen LogP contribution in [0.4, 0.5) is 10.5 Å². The Hall–Kier alpha value is -3.95. The molecule has 4 rings (SSSR count). The van der Waals surface area contributed by atoms with Crippen molar-refractivity contribution in [3.05, 3.63) is 47.5 Å². The first-order chi connectivity index (χ1) is 17.2. The zero-order valence-electron chi connectivity index (χ0n) is 20.5. The van der Waals surface area contributed by atoms with Crippen LogP contribution in [-0.2, 0) is 16.0 Å². The molecule has 1 saturated heterocycles. The average Bonchev–Trinajstić information content (AvgIpc) is 3.24. The molecule has 2 aromatic carbocycles. The Morgan fingerprint density at radius 1 is 1.17 bits per heavy atom. The molecule has 36 heavy (non-hydrogen) atoms. The number of methoxy groups -OCH3 is 1. The monoisotopic (exact) mass is 498 g/mol. The number of rotatable bonds is 8. The Kier molecular flexibility index (Phi) is 7.52. The summed E-state index contributed by atoms with van der Waals surface area (Å²) in [7, 11) is 1.27. The summed E-state index contributed by atoms with van der Waals surface area (Å²) in [6.45, 7) is 3.86. The van der Waals surface area contributed by atoms with Gasteiger partial charge in [0.15, 0.2) is 0 Å². The third kappa shape index (κ3) is 5.64. The van der Waals surface area contributed by atoms with Gasteiger partial charge in [0, 0.05) is 24.6 Å². The number of hydrogen-bond acceptors (Lipinski definition) is 7. The van der Waals surface area contributed by atoms with Crippen LogP contribution >= 0.6 is 0 Å². The van der Waals surface area contributed by atoms with Crippen LogP contribution in [0.1, 0.15) is 42.6 Å². The summed E-state index contributed by atoms with van der Waals surface area (Å²) in [6, 6.07) is 9.99. The average molecular weight is 499 g/mol. The van der Waals surface area contributed by atoms with E-state index in [0.29, 0.717) is 30.8 Å². The fourth-order valence-corrected chi connectivity index (χ4v) is 4.44. The van der Waals surface area contributed by atoms with E-state index in [4.69, 9.17) is 18.9 Å². The summed E-state index contributed by atoms with van der Waals surface area (Å²) < 4.78 is 22.7. The second-order valence-corrected chi connectivity index (χ2v) is 9.03. The number of carboxylic acid groups (broad SMARTS) is 1. The van der Waals surface area contributed by atoms with Crippen LogP contribution in [0.15, 0.2) is 36.4 Å². The van der Waals surface area contributed by atoms with E-state index in [1.54, 1.807) is 24.3 Å². The van der Waals surface area contributed by atoms with Crippen molar-refractivity contribution in [3.8, 4) is 17.2 Å². The molecule has 0 aromatic heterocycles. The molecule has 10 heteroatoms. The lowest BCUT2D eigenvalue weighted by Crippen LogP contribution is -2.38.